The fourth-order valence-electron chi connectivity index (χ4n) is 1.42. The van der Waals surface area contributed by atoms with Crippen molar-refractivity contribution in [1.29, 1.82) is 0 Å². The Bertz CT molecular complexity index is 456. The summed E-state index contributed by atoms with van der Waals surface area (Å²) < 4.78 is 0. The molecule has 82 valence electrons. The Morgan fingerprint density at radius 1 is 1.38 bits per heavy atom. The fraction of sp³-hybridized carbons (Fsp3) is 0.182. The van der Waals surface area contributed by atoms with Gasteiger partial charge in [-0.05, 0) is 11.8 Å². The first-order chi connectivity index (χ1) is 7.66. The Morgan fingerprint density at radius 2 is 2.06 bits per heavy atom. The molecule has 1 aromatic carbocycles. The highest BCUT2D eigenvalue weighted by molar-refractivity contribution is 8.27. The van der Waals surface area contributed by atoms with Gasteiger partial charge < -0.3 is 5.73 Å². The van der Waals surface area contributed by atoms with Crippen molar-refractivity contribution >= 4 is 27.8 Å². The molecule has 5 heteroatoms. The number of nitrogens with two attached hydrogens (primary N) is 1. The third-order valence-electron chi connectivity index (χ3n) is 2.16. The molecule has 4 nitrogen and oxygen atoms in total. The first kappa shape index (κ1) is 10.9. The minimum absolute atomic E-state index is 0.0117. The van der Waals surface area contributed by atoms with E-state index >= 15 is 0 Å². The lowest BCUT2D eigenvalue weighted by Crippen LogP contribution is -2.21. The molecule has 0 spiro atoms. The third-order valence-corrected chi connectivity index (χ3v) is 3.17. The van der Waals surface area contributed by atoms with E-state index in [1.165, 1.54) is 0 Å². The van der Waals surface area contributed by atoms with E-state index in [4.69, 9.17) is 5.73 Å². The molecule has 1 aliphatic rings. The summed E-state index contributed by atoms with van der Waals surface area (Å²) in [5.41, 5.74) is 5.95. The van der Waals surface area contributed by atoms with Gasteiger partial charge in [0.15, 0.2) is 0 Å². The van der Waals surface area contributed by atoms with Crippen LogP contribution < -0.4 is 5.73 Å². The number of rotatable bonds is 3. The maximum absolute atomic E-state index is 11.5. The van der Waals surface area contributed by atoms with E-state index < -0.39 is 11.9 Å². The zero-order chi connectivity index (χ0) is 11.5. The largest absolute Gasteiger partial charge is 0.370 e. The van der Waals surface area contributed by atoms with Gasteiger partial charge in [0.2, 0.25) is 11.0 Å². The molecule has 2 rings (SSSR count). The molecule has 2 N–H and O–H groups in total. The van der Waals surface area contributed by atoms with Crippen LogP contribution in [0.25, 0.3) is 0 Å². The van der Waals surface area contributed by atoms with Gasteiger partial charge in [-0.25, -0.2) is 0 Å². The van der Waals surface area contributed by atoms with Crippen molar-refractivity contribution in [3.05, 3.63) is 35.9 Å². The molecule has 0 aliphatic carbocycles. The van der Waals surface area contributed by atoms with Gasteiger partial charge in [0.25, 0.3) is 0 Å². The van der Waals surface area contributed by atoms with Gasteiger partial charge in [-0.15, -0.1) is 0 Å². The zero-order valence-electron chi connectivity index (χ0n) is 8.42. The Balaban J connectivity index is 2.20. The standard InChI is InChI=1S/C11H10N2O2S/c12-9(14)6-8-11(15)16-10(13-8)7-4-2-1-3-5-7/h1-5,8H,6H2,(H2,12,14)/t8-/m0/s1. The molecule has 1 heterocycles. The second-order valence-corrected chi connectivity index (χ2v) is 4.40. The fourth-order valence-corrected chi connectivity index (χ4v) is 2.31. The van der Waals surface area contributed by atoms with Gasteiger partial charge >= 0.3 is 0 Å². The van der Waals surface area contributed by atoms with E-state index in [9.17, 15) is 9.59 Å². The van der Waals surface area contributed by atoms with Crippen LogP contribution in [0.1, 0.15) is 12.0 Å². The monoisotopic (exact) mass is 234 g/mol. The molecule has 1 amide bonds. The Labute approximate surface area is 96.9 Å². The van der Waals surface area contributed by atoms with E-state index in [2.05, 4.69) is 4.99 Å². The maximum atomic E-state index is 11.5. The summed E-state index contributed by atoms with van der Waals surface area (Å²) >= 11 is 1.07. The van der Waals surface area contributed by atoms with Gasteiger partial charge in [0.05, 0.1) is 6.42 Å². The molecule has 0 saturated carbocycles. The first-order valence-corrected chi connectivity index (χ1v) is 5.61. The number of benzene rings is 1. The summed E-state index contributed by atoms with van der Waals surface area (Å²) in [7, 11) is 0. The van der Waals surface area contributed by atoms with Crippen molar-refractivity contribution in [2.75, 3.05) is 0 Å². The van der Waals surface area contributed by atoms with Crippen molar-refractivity contribution in [2.45, 2.75) is 12.5 Å². The van der Waals surface area contributed by atoms with Crippen LogP contribution in [-0.4, -0.2) is 22.1 Å². The van der Waals surface area contributed by atoms with Gasteiger partial charge in [0, 0.05) is 5.56 Å². The van der Waals surface area contributed by atoms with Crippen molar-refractivity contribution in [3.63, 3.8) is 0 Å². The van der Waals surface area contributed by atoms with Crippen molar-refractivity contribution in [3.8, 4) is 0 Å². The molecule has 0 aromatic heterocycles. The Hall–Kier alpha value is -1.62. The number of hydrogen-bond donors (Lipinski definition) is 1. The minimum atomic E-state index is -0.613. The molecule has 0 unspecified atom stereocenters. The summed E-state index contributed by atoms with van der Waals surface area (Å²) in [6, 6.07) is 8.80. The molecule has 0 saturated heterocycles. The van der Waals surface area contributed by atoms with Crippen LogP contribution in [0.3, 0.4) is 0 Å². The van der Waals surface area contributed by atoms with Gasteiger partial charge in [-0.1, -0.05) is 30.3 Å². The highest BCUT2D eigenvalue weighted by Crippen LogP contribution is 2.26. The Morgan fingerprint density at radius 3 is 2.69 bits per heavy atom. The molecule has 0 radical (unpaired) electrons. The number of carbonyl (C=O) groups is 2. The van der Waals surface area contributed by atoms with Crippen molar-refractivity contribution < 1.29 is 9.59 Å². The van der Waals surface area contributed by atoms with E-state index in [0.29, 0.717) is 5.04 Å². The lowest BCUT2D eigenvalue weighted by Gasteiger charge is -1.98. The number of nitrogens with zero attached hydrogens (tertiary/aromatic N) is 1. The zero-order valence-corrected chi connectivity index (χ0v) is 9.24. The van der Waals surface area contributed by atoms with Crippen LogP contribution in [0, 0.1) is 0 Å². The lowest BCUT2D eigenvalue weighted by molar-refractivity contribution is -0.121. The van der Waals surface area contributed by atoms with Crippen LogP contribution in [0.5, 0.6) is 0 Å². The number of carbonyl (C=O) groups excluding carboxylic acids is 2. The highest BCUT2D eigenvalue weighted by atomic mass is 32.2. The van der Waals surface area contributed by atoms with Crippen LogP contribution >= 0.6 is 11.8 Å². The van der Waals surface area contributed by atoms with E-state index in [1.807, 2.05) is 30.3 Å². The van der Waals surface area contributed by atoms with Crippen LogP contribution in [0.15, 0.2) is 35.3 Å². The third kappa shape index (κ3) is 2.30. The maximum Gasteiger partial charge on any atom is 0.220 e. The highest BCUT2D eigenvalue weighted by Gasteiger charge is 2.29. The van der Waals surface area contributed by atoms with Crippen LogP contribution in [0.4, 0.5) is 0 Å². The van der Waals surface area contributed by atoms with Crippen LogP contribution in [-0.2, 0) is 9.59 Å². The number of thioether (sulfide) groups is 1. The second kappa shape index (κ2) is 4.49. The number of amides is 1. The number of primary amides is 1. The number of hydrogen-bond acceptors (Lipinski definition) is 4. The van der Waals surface area contributed by atoms with E-state index in [0.717, 1.165) is 17.3 Å². The second-order valence-electron chi connectivity index (χ2n) is 3.41. The summed E-state index contributed by atoms with van der Waals surface area (Å²) in [5, 5.41) is 0.550. The lowest BCUT2D eigenvalue weighted by atomic mass is 10.2. The quantitative estimate of drug-likeness (QED) is 0.846. The molecule has 1 atom stereocenters. The minimum Gasteiger partial charge on any atom is -0.370 e. The average molecular weight is 234 g/mol. The average Bonchev–Trinajstić information content (AvgIpc) is 2.61. The van der Waals surface area contributed by atoms with E-state index in [1.54, 1.807) is 0 Å². The SMILES string of the molecule is NC(=O)C[C@@H]1N=C(c2ccccc2)SC1=O. The molecule has 16 heavy (non-hydrogen) atoms. The van der Waals surface area contributed by atoms with Crippen molar-refractivity contribution in [1.82, 2.24) is 0 Å². The summed E-state index contributed by atoms with van der Waals surface area (Å²) in [6.45, 7) is 0. The number of aliphatic imine (C=N–C) groups is 1. The van der Waals surface area contributed by atoms with Gasteiger partial charge in [0.1, 0.15) is 11.1 Å². The molecular weight excluding hydrogens is 224 g/mol. The molecule has 1 aliphatic heterocycles. The van der Waals surface area contributed by atoms with Crippen molar-refractivity contribution in [2.24, 2.45) is 10.7 Å². The summed E-state index contributed by atoms with van der Waals surface area (Å²) in [4.78, 5) is 26.5. The summed E-state index contributed by atoms with van der Waals surface area (Å²) in [5.74, 6) is -0.503. The molecule has 0 fully saturated rings. The van der Waals surface area contributed by atoms with E-state index in [-0.39, 0.29) is 11.5 Å². The topological polar surface area (TPSA) is 72.5 Å². The van der Waals surface area contributed by atoms with Gasteiger partial charge in [-0.3, -0.25) is 14.6 Å². The Kier molecular flexibility index (Phi) is 3.05. The predicted molar refractivity (Wildman–Crippen MR) is 63.2 cm³/mol. The summed E-state index contributed by atoms with van der Waals surface area (Å²) in [6.07, 6.45) is -0.0117. The smallest absolute Gasteiger partial charge is 0.220 e. The van der Waals surface area contributed by atoms with Crippen LogP contribution in [0.2, 0.25) is 0 Å². The normalized spacial score (nSPS) is 19.6. The molecule has 0 bridgehead atoms. The molecular formula is C11H10N2O2S. The first-order valence-electron chi connectivity index (χ1n) is 4.80. The molecule has 1 aromatic rings. The van der Waals surface area contributed by atoms with Gasteiger partial charge in [-0.2, -0.15) is 0 Å². The predicted octanol–water partition coefficient (Wildman–Crippen LogP) is 0.951.